The van der Waals surface area contributed by atoms with Crippen LogP contribution in [0.15, 0.2) is 72.8 Å². The molecule has 0 N–H and O–H groups in total. The number of aryl methyl sites for hydroxylation is 2. The molecule has 0 aliphatic heterocycles. The summed E-state index contributed by atoms with van der Waals surface area (Å²) in [7, 11) is 0. The number of rotatable bonds is 10. The summed E-state index contributed by atoms with van der Waals surface area (Å²) >= 11 is 0. The van der Waals surface area contributed by atoms with E-state index in [1.165, 1.54) is 22.3 Å². The van der Waals surface area contributed by atoms with Crippen LogP contribution < -0.4 is 0 Å². The molecule has 174 valence electrons. The maximum absolute atomic E-state index is 5.75. The van der Waals surface area contributed by atoms with Gasteiger partial charge in [0.1, 0.15) is 0 Å². The van der Waals surface area contributed by atoms with Crippen LogP contribution in [0, 0.1) is 37.5 Å². The van der Waals surface area contributed by atoms with Crippen molar-refractivity contribution in [3.05, 3.63) is 106 Å². The molecule has 0 radical (unpaired) electrons. The molecule has 0 aliphatic rings. The highest BCUT2D eigenvalue weighted by Gasteiger charge is 2.01. The van der Waals surface area contributed by atoms with Crippen LogP contribution in [0.1, 0.15) is 59.1 Å². The zero-order valence-corrected chi connectivity index (χ0v) is 20.4. The van der Waals surface area contributed by atoms with E-state index in [2.05, 4.69) is 73.9 Å². The summed E-state index contributed by atoms with van der Waals surface area (Å²) in [6.07, 6.45) is 3.48. The van der Waals surface area contributed by atoms with E-state index in [9.17, 15) is 0 Å². The molecular formula is C32H34O2. The molecule has 3 aromatic rings. The third kappa shape index (κ3) is 9.29. The molecule has 2 heteroatoms. The van der Waals surface area contributed by atoms with Gasteiger partial charge < -0.3 is 9.47 Å². The van der Waals surface area contributed by atoms with Crippen LogP contribution in [0.4, 0.5) is 0 Å². The van der Waals surface area contributed by atoms with Crippen LogP contribution in [0.25, 0.3) is 0 Å². The normalized spacial score (nSPS) is 10.2. The average molecular weight is 451 g/mol. The number of benzene rings is 3. The van der Waals surface area contributed by atoms with Crippen LogP contribution in [0.5, 0.6) is 0 Å². The van der Waals surface area contributed by atoms with E-state index in [1.807, 2.05) is 36.4 Å². The molecule has 34 heavy (non-hydrogen) atoms. The highest BCUT2D eigenvalue weighted by molar-refractivity contribution is 5.53. The predicted molar refractivity (Wildman–Crippen MR) is 140 cm³/mol. The standard InChI is InChI=1S/C32H34O2/c1-27-23-31(19-11-5-13-21-33-25-29-15-7-3-8-16-29)32(24-28(27)2)20-12-6-14-22-34-26-30-17-9-4-10-18-30/h3-4,7-10,15-18,23-24H,5-6,13-14,21-22,25-26H2,1-2H3. The Labute approximate surface area is 205 Å². The number of ether oxygens (including phenoxy) is 2. The smallest absolute Gasteiger partial charge is 0.0716 e. The number of unbranched alkanes of at least 4 members (excludes halogenated alkanes) is 2. The fourth-order valence-electron chi connectivity index (χ4n) is 3.39. The van der Waals surface area contributed by atoms with Crippen LogP contribution in [-0.4, -0.2) is 13.2 Å². The van der Waals surface area contributed by atoms with Crippen molar-refractivity contribution >= 4 is 0 Å². The van der Waals surface area contributed by atoms with Gasteiger partial charge >= 0.3 is 0 Å². The van der Waals surface area contributed by atoms with E-state index >= 15 is 0 Å². The molecule has 0 saturated carbocycles. The second kappa shape index (κ2) is 14.8. The second-order valence-electron chi connectivity index (χ2n) is 8.37. The zero-order valence-electron chi connectivity index (χ0n) is 20.4. The molecule has 0 aromatic heterocycles. The molecule has 0 spiro atoms. The molecule has 0 amide bonds. The third-order valence-electron chi connectivity index (χ3n) is 5.48. The molecular weight excluding hydrogens is 416 g/mol. The van der Waals surface area contributed by atoms with Gasteiger partial charge in [-0.25, -0.2) is 0 Å². The first-order chi connectivity index (χ1) is 16.7. The minimum atomic E-state index is 0.655. The van der Waals surface area contributed by atoms with E-state index in [1.54, 1.807) is 0 Å². The Kier molecular flexibility index (Phi) is 11.0. The van der Waals surface area contributed by atoms with Gasteiger partial charge in [0.05, 0.1) is 13.2 Å². The Hall–Kier alpha value is -3.30. The lowest BCUT2D eigenvalue weighted by Gasteiger charge is -2.04. The highest BCUT2D eigenvalue weighted by Crippen LogP contribution is 2.15. The Balaban J connectivity index is 1.42. The number of hydrogen-bond donors (Lipinski definition) is 0. The minimum absolute atomic E-state index is 0.655. The molecule has 0 heterocycles. The fourth-order valence-corrected chi connectivity index (χ4v) is 3.39. The van der Waals surface area contributed by atoms with Crippen LogP contribution in [0.3, 0.4) is 0 Å². The van der Waals surface area contributed by atoms with E-state index < -0.39 is 0 Å². The first-order valence-corrected chi connectivity index (χ1v) is 12.0. The summed E-state index contributed by atoms with van der Waals surface area (Å²) in [6, 6.07) is 24.8. The van der Waals surface area contributed by atoms with Gasteiger partial charge in [0.25, 0.3) is 0 Å². The molecule has 3 aromatic carbocycles. The Morgan fingerprint density at radius 1 is 0.588 bits per heavy atom. The molecule has 0 atom stereocenters. The molecule has 3 rings (SSSR count). The largest absolute Gasteiger partial charge is 0.377 e. The molecule has 2 nitrogen and oxygen atoms in total. The topological polar surface area (TPSA) is 18.5 Å². The van der Waals surface area contributed by atoms with Crippen molar-refractivity contribution in [1.29, 1.82) is 0 Å². The molecule has 0 bridgehead atoms. The van der Waals surface area contributed by atoms with Gasteiger partial charge in [0.15, 0.2) is 0 Å². The molecule has 0 aliphatic carbocycles. The van der Waals surface area contributed by atoms with E-state index in [4.69, 9.17) is 9.47 Å². The minimum Gasteiger partial charge on any atom is -0.377 e. The average Bonchev–Trinajstić information content (AvgIpc) is 2.86. The molecule has 0 saturated heterocycles. The fraction of sp³-hybridized carbons (Fsp3) is 0.312. The van der Waals surface area contributed by atoms with Gasteiger partial charge in [-0.2, -0.15) is 0 Å². The Bertz CT molecular complexity index is 1030. The number of hydrogen-bond acceptors (Lipinski definition) is 2. The van der Waals surface area contributed by atoms with Crippen molar-refractivity contribution in [2.24, 2.45) is 0 Å². The van der Waals surface area contributed by atoms with Crippen molar-refractivity contribution in [2.45, 2.75) is 52.7 Å². The van der Waals surface area contributed by atoms with Gasteiger partial charge in [0, 0.05) is 37.2 Å². The van der Waals surface area contributed by atoms with Gasteiger partial charge in [-0.15, -0.1) is 0 Å². The first kappa shape index (κ1) is 25.3. The second-order valence-corrected chi connectivity index (χ2v) is 8.37. The van der Waals surface area contributed by atoms with Crippen LogP contribution in [0.2, 0.25) is 0 Å². The van der Waals surface area contributed by atoms with Crippen molar-refractivity contribution in [2.75, 3.05) is 13.2 Å². The summed E-state index contributed by atoms with van der Waals surface area (Å²) in [5, 5.41) is 0. The van der Waals surface area contributed by atoms with Gasteiger partial charge in [-0.05, 0) is 61.1 Å². The summed E-state index contributed by atoms with van der Waals surface area (Å²) < 4.78 is 11.5. The zero-order chi connectivity index (χ0) is 23.8. The van der Waals surface area contributed by atoms with E-state index in [0.717, 1.165) is 50.0 Å². The van der Waals surface area contributed by atoms with Crippen LogP contribution in [-0.2, 0) is 22.7 Å². The molecule has 0 unspecified atom stereocenters. The van der Waals surface area contributed by atoms with Crippen LogP contribution >= 0.6 is 0 Å². The lowest BCUT2D eigenvalue weighted by atomic mass is 10.00. The van der Waals surface area contributed by atoms with Crippen molar-refractivity contribution in [1.82, 2.24) is 0 Å². The predicted octanol–water partition coefficient (Wildman–Crippen LogP) is 7.00. The summed E-state index contributed by atoms with van der Waals surface area (Å²) in [5.74, 6) is 13.3. The van der Waals surface area contributed by atoms with Crippen molar-refractivity contribution < 1.29 is 9.47 Å². The summed E-state index contributed by atoms with van der Waals surface area (Å²) in [5.41, 5.74) is 6.93. The lowest BCUT2D eigenvalue weighted by Crippen LogP contribution is -1.95. The summed E-state index contributed by atoms with van der Waals surface area (Å²) in [4.78, 5) is 0. The summed E-state index contributed by atoms with van der Waals surface area (Å²) in [6.45, 7) is 6.99. The maximum atomic E-state index is 5.75. The van der Waals surface area contributed by atoms with Crippen molar-refractivity contribution in [3.8, 4) is 23.7 Å². The SMILES string of the molecule is Cc1cc(C#CCCCOCc2ccccc2)c(C#CCCCOCc2ccccc2)cc1C. The van der Waals surface area contributed by atoms with Gasteiger partial charge in [-0.1, -0.05) is 84.3 Å². The quantitative estimate of drug-likeness (QED) is 0.245. The van der Waals surface area contributed by atoms with Gasteiger partial charge in [0.2, 0.25) is 0 Å². The van der Waals surface area contributed by atoms with Crippen molar-refractivity contribution in [3.63, 3.8) is 0 Å². The maximum Gasteiger partial charge on any atom is 0.0716 e. The Morgan fingerprint density at radius 3 is 1.41 bits per heavy atom. The lowest BCUT2D eigenvalue weighted by molar-refractivity contribution is 0.119. The van der Waals surface area contributed by atoms with E-state index in [0.29, 0.717) is 13.2 Å². The third-order valence-corrected chi connectivity index (χ3v) is 5.48. The van der Waals surface area contributed by atoms with E-state index in [-0.39, 0.29) is 0 Å². The Morgan fingerprint density at radius 2 is 1.00 bits per heavy atom. The molecule has 0 fully saturated rings. The first-order valence-electron chi connectivity index (χ1n) is 12.0. The van der Waals surface area contributed by atoms with Gasteiger partial charge in [-0.3, -0.25) is 0 Å². The monoisotopic (exact) mass is 450 g/mol. The highest BCUT2D eigenvalue weighted by atomic mass is 16.5.